The van der Waals surface area contributed by atoms with Crippen LogP contribution in [0.25, 0.3) is 0 Å². The molecule has 0 aromatic heterocycles. The van der Waals surface area contributed by atoms with E-state index in [1.54, 1.807) is 0 Å². The lowest BCUT2D eigenvalue weighted by Crippen LogP contribution is -2.11. The first-order valence-electron chi connectivity index (χ1n) is 5.49. The lowest BCUT2D eigenvalue weighted by molar-refractivity contribution is 0.267. The van der Waals surface area contributed by atoms with Crippen molar-refractivity contribution in [2.45, 2.75) is 33.7 Å². The van der Waals surface area contributed by atoms with Gasteiger partial charge in [0.2, 0.25) is 0 Å². The van der Waals surface area contributed by atoms with Crippen molar-refractivity contribution in [1.29, 1.82) is 0 Å². The van der Waals surface area contributed by atoms with E-state index in [4.69, 9.17) is 10.5 Å². The van der Waals surface area contributed by atoms with E-state index in [0.29, 0.717) is 5.92 Å². The molecular formula is C13H21NO. The molecule has 1 atom stereocenters. The summed E-state index contributed by atoms with van der Waals surface area (Å²) in [6.07, 6.45) is 0. The van der Waals surface area contributed by atoms with E-state index in [1.807, 2.05) is 13.0 Å². The van der Waals surface area contributed by atoms with Gasteiger partial charge in [0.05, 0.1) is 6.61 Å². The molecule has 0 radical (unpaired) electrons. The number of rotatable bonds is 4. The van der Waals surface area contributed by atoms with Gasteiger partial charge in [-0.1, -0.05) is 31.5 Å². The molecule has 0 saturated carbocycles. The van der Waals surface area contributed by atoms with Crippen LogP contribution in [0.5, 0.6) is 5.75 Å². The van der Waals surface area contributed by atoms with Gasteiger partial charge in [-0.3, -0.25) is 0 Å². The molecule has 0 amide bonds. The first-order chi connectivity index (χ1) is 7.00. The second-order valence-electron chi connectivity index (χ2n) is 4.53. The van der Waals surface area contributed by atoms with Crippen molar-refractivity contribution in [1.82, 2.24) is 0 Å². The van der Waals surface area contributed by atoms with Crippen LogP contribution in [-0.4, -0.2) is 6.61 Å². The average Bonchev–Trinajstić information content (AvgIpc) is 2.15. The standard InChI is InChI=1S/C13H21NO/c1-9(2)8-15-13-6-5-10(3)7-12(13)11(4)14/h5-7,9,11H,8,14H2,1-4H3. The molecule has 1 rings (SSSR count). The molecule has 0 aliphatic heterocycles. The van der Waals surface area contributed by atoms with Gasteiger partial charge in [-0.05, 0) is 25.8 Å². The van der Waals surface area contributed by atoms with Gasteiger partial charge < -0.3 is 10.5 Å². The molecular weight excluding hydrogens is 186 g/mol. The Hall–Kier alpha value is -1.02. The third-order valence-electron chi connectivity index (χ3n) is 2.23. The van der Waals surface area contributed by atoms with Crippen molar-refractivity contribution in [3.05, 3.63) is 29.3 Å². The number of hydrogen-bond donors (Lipinski definition) is 1. The van der Waals surface area contributed by atoms with Gasteiger partial charge in [-0.2, -0.15) is 0 Å². The maximum atomic E-state index is 5.91. The van der Waals surface area contributed by atoms with E-state index in [-0.39, 0.29) is 6.04 Å². The highest BCUT2D eigenvalue weighted by Crippen LogP contribution is 2.25. The Balaban J connectivity index is 2.86. The molecule has 0 spiro atoms. The topological polar surface area (TPSA) is 35.2 Å². The molecule has 0 bridgehead atoms. The Morgan fingerprint density at radius 1 is 1.27 bits per heavy atom. The number of nitrogens with two attached hydrogens (primary N) is 1. The third-order valence-corrected chi connectivity index (χ3v) is 2.23. The summed E-state index contributed by atoms with van der Waals surface area (Å²) in [6.45, 7) is 9.07. The quantitative estimate of drug-likeness (QED) is 0.823. The van der Waals surface area contributed by atoms with Crippen molar-refractivity contribution in [3.63, 3.8) is 0 Å². The molecule has 1 unspecified atom stereocenters. The van der Waals surface area contributed by atoms with Crippen LogP contribution >= 0.6 is 0 Å². The summed E-state index contributed by atoms with van der Waals surface area (Å²) < 4.78 is 5.73. The molecule has 2 nitrogen and oxygen atoms in total. The lowest BCUT2D eigenvalue weighted by atomic mass is 10.1. The number of hydrogen-bond acceptors (Lipinski definition) is 2. The predicted molar refractivity (Wildman–Crippen MR) is 64.1 cm³/mol. The van der Waals surface area contributed by atoms with Crippen LogP contribution in [0.2, 0.25) is 0 Å². The average molecular weight is 207 g/mol. The Kier molecular flexibility index (Phi) is 4.15. The van der Waals surface area contributed by atoms with Gasteiger partial charge >= 0.3 is 0 Å². The molecule has 0 aliphatic rings. The highest BCUT2D eigenvalue weighted by molar-refractivity contribution is 5.38. The van der Waals surface area contributed by atoms with Crippen molar-refractivity contribution in [2.24, 2.45) is 11.7 Å². The predicted octanol–water partition coefficient (Wildman–Crippen LogP) is 3.05. The van der Waals surface area contributed by atoms with E-state index in [9.17, 15) is 0 Å². The maximum Gasteiger partial charge on any atom is 0.124 e. The minimum Gasteiger partial charge on any atom is -0.493 e. The van der Waals surface area contributed by atoms with Crippen LogP contribution in [0.1, 0.15) is 37.9 Å². The highest BCUT2D eigenvalue weighted by Gasteiger charge is 2.08. The fraction of sp³-hybridized carbons (Fsp3) is 0.538. The van der Waals surface area contributed by atoms with E-state index in [0.717, 1.165) is 17.9 Å². The highest BCUT2D eigenvalue weighted by atomic mass is 16.5. The molecule has 2 N–H and O–H groups in total. The third kappa shape index (κ3) is 3.56. The Bertz CT molecular complexity index is 318. The smallest absolute Gasteiger partial charge is 0.124 e. The second-order valence-corrected chi connectivity index (χ2v) is 4.53. The summed E-state index contributed by atoms with van der Waals surface area (Å²) in [6, 6.07) is 6.19. The summed E-state index contributed by atoms with van der Waals surface area (Å²) in [5.74, 6) is 1.46. The molecule has 0 aliphatic carbocycles. The van der Waals surface area contributed by atoms with Gasteiger partial charge in [-0.25, -0.2) is 0 Å². The summed E-state index contributed by atoms with van der Waals surface area (Å²) in [5.41, 5.74) is 8.22. The molecule has 2 heteroatoms. The molecule has 0 heterocycles. The van der Waals surface area contributed by atoms with E-state index >= 15 is 0 Å². The second kappa shape index (κ2) is 5.17. The summed E-state index contributed by atoms with van der Waals surface area (Å²) in [5, 5.41) is 0. The lowest BCUT2D eigenvalue weighted by Gasteiger charge is -2.16. The molecule has 1 aromatic carbocycles. The van der Waals surface area contributed by atoms with Crippen LogP contribution in [-0.2, 0) is 0 Å². The van der Waals surface area contributed by atoms with Crippen molar-refractivity contribution in [2.75, 3.05) is 6.61 Å². The van der Waals surface area contributed by atoms with Crippen molar-refractivity contribution >= 4 is 0 Å². The monoisotopic (exact) mass is 207 g/mol. The summed E-state index contributed by atoms with van der Waals surface area (Å²) in [7, 11) is 0. The Morgan fingerprint density at radius 2 is 1.93 bits per heavy atom. The van der Waals surface area contributed by atoms with Crippen LogP contribution in [0, 0.1) is 12.8 Å². The van der Waals surface area contributed by atoms with Gasteiger partial charge in [0.1, 0.15) is 5.75 Å². The van der Waals surface area contributed by atoms with Gasteiger partial charge in [0.25, 0.3) is 0 Å². The molecule has 15 heavy (non-hydrogen) atoms. The number of aryl methyl sites for hydroxylation is 1. The van der Waals surface area contributed by atoms with Crippen LogP contribution in [0.4, 0.5) is 0 Å². The SMILES string of the molecule is Cc1ccc(OCC(C)C)c(C(C)N)c1. The fourth-order valence-corrected chi connectivity index (χ4v) is 1.41. The van der Waals surface area contributed by atoms with E-state index in [2.05, 4.69) is 32.9 Å². The van der Waals surface area contributed by atoms with Crippen LogP contribution in [0.3, 0.4) is 0 Å². The summed E-state index contributed by atoms with van der Waals surface area (Å²) in [4.78, 5) is 0. The minimum atomic E-state index is 0.0204. The first-order valence-corrected chi connectivity index (χ1v) is 5.49. The van der Waals surface area contributed by atoms with E-state index in [1.165, 1.54) is 5.56 Å². The Labute approximate surface area is 92.4 Å². The zero-order valence-electron chi connectivity index (χ0n) is 10.1. The zero-order valence-corrected chi connectivity index (χ0v) is 10.1. The largest absolute Gasteiger partial charge is 0.493 e. The van der Waals surface area contributed by atoms with Gasteiger partial charge in [-0.15, -0.1) is 0 Å². The molecule has 84 valence electrons. The van der Waals surface area contributed by atoms with E-state index < -0.39 is 0 Å². The maximum absolute atomic E-state index is 5.91. The number of ether oxygens (including phenoxy) is 1. The molecule has 1 aromatic rings. The van der Waals surface area contributed by atoms with Crippen LogP contribution in [0.15, 0.2) is 18.2 Å². The van der Waals surface area contributed by atoms with Gasteiger partial charge in [0, 0.05) is 11.6 Å². The fourth-order valence-electron chi connectivity index (χ4n) is 1.41. The Morgan fingerprint density at radius 3 is 2.47 bits per heavy atom. The number of benzene rings is 1. The molecule has 0 fully saturated rings. The summed E-state index contributed by atoms with van der Waals surface area (Å²) >= 11 is 0. The zero-order chi connectivity index (χ0) is 11.4. The van der Waals surface area contributed by atoms with Crippen LogP contribution < -0.4 is 10.5 Å². The van der Waals surface area contributed by atoms with Crippen molar-refractivity contribution in [3.8, 4) is 5.75 Å². The minimum absolute atomic E-state index is 0.0204. The molecule has 0 saturated heterocycles. The van der Waals surface area contributed by atoms with Gasteiger partial charge in [0.15, 0.2) is 0 Å². The van der Waals surface area contributed by atoms with Crippen molar-refractivity contribution < 1.29 is 4.74 Å². The first kappa shape index (κ1) is 12.1. The normalized spacial score (nSPS) is 12.9.